The number of hydrogen-bond donors (Lipinski definition) is 1. The van der Waals surface area contributed by atoms with Crippen molar-refractivity contribution in [2.75, 3.05) is 25.5 Å². The van der Waals surface area contributed by atoms with Crippen LogP contribution in [0.1, 0.15) is 34.5 Å². The van der Waals surface area contributed by atoms with Crippen molar-refractivity contribution >= 4 is 23.4 Å². The number of anilines is 1. The second-order valence-corrected chi connectivity index (χ2v) is 8.11. The number of rotatable bonds is 9. The Bertz CT molecular complexity index is 1160. The second-order valence-electron chi connectivity index (χ2n) is 8.11. The van der Waals surface area contributed by atoms with Gasteiger partial charge in [0.25, 0.3) is 5.91 Å². The maximum Gasteiger partial charge on any atom is 0.254 e. The van der Waals surface area contributed by atoms with E-state index in [1.807, 2.05) is 12.1 Å². The van der Waals surface area contributed by atoms with Crippen LogP contribution >= 0.6 is 0 Å². The first kappa shape index (κ1) is 23.1. The number of amides is 3. The number of carbonyl (C=O) groups is 3. The molecule has 1 aliphatic rings. The second kappa shape index (κ2) is 10.7. The molecule has 0 spiro atoms. The molecule has 176 valence electrons. The summed E-state index contributed by atoms with van der Waals surface area (Å²) >= 11 is 0. The van der Waals surface area contributed by atoms with Crippen LogP contribution in [0.15, 0.2) is 71.3 Å². The molecule has 0 saturated carbocycles. The molecule has 4 rings (SSSR count). The van der Waals surface area contributed by atoms with Gasteiger partial charge in [0.15, 0.2) is 0 Å². The lowest BCUT2D eigenvalue weighted by molar-refractivity contribution is -0.128. The van der Waals surface area contributed by atoms with Crippen LogP contribution in [-0.2, 0) is 22.7 Å². The molecule has 1 saturated heterocycles. The quantitative estimate of drug-likeness (QED) is 0.525. The molecule has 0 unspecified atom stereocenters. The van der Waals surface area contributed by atoms with E-state index in [1.165, 1.54) is 18.3 Å². The van der Waals surface area contributed by atoms with Crippen molar-refractivity contribution in [1.82, 2.24) is 9.80 Å². The first-order chi connectivity index (χ1) is 16.5. The molecule has 8 nitrogen and oxygen atoms in total. The summed E-state index contributed by atoms with van der Waals surface area (Å²) in [5.74, 6) is 0.565. The average molecular weight is 462 g/mol. The van der Waals surface area contributed by atoms with Crippen LogP contribution in [0.3, 0.4) is 0 Å². The number of likely N-dealkylation sites (tertiary alicyclic amines) is 1. The summed E-state index contributed by atoms with van der Waals surface area (Å²) in [6.07, 6.45) is 2.95. The molecule has 1 aromatic heterocycles. The SMILES string of the molecule is COc1ccccc1NC(=O)CN(Cc1ccco1)C(=O)c1cccc(CN2CCCC2=O)c1. The standard InChI is InChI=1S/C26H27N3O5/c1-33-23-11-3-2-10-22(23)27-24(30)18-29(17-21-9-6-14-34-21)26(32)20-8-4-7-19(15-20)16-28-13-5-12-25(28)31/h2-4,6-11,14-15H,5,12-13,16-18H2,1H3,(H,27,30). The van der Waals surface area contributed by atoms with Gasteiger partial charge in [0.1, 0.15) is 18.1 Å². The smallest absolute Gasteiger partial charge is 0.254 e. The Kier molecular flexibility index (Phi) is 7.27. The number of hydrogen-bond acceptors (Lipinski definition) is 5. The number of para-hydroxylation sites is 2. The Morgan fingerprint density at radius 3 is 2.71 bits per heavy atom. The fraction of sp³-hybridized carbons (Fsp3) is 0.269. The molecular formula is C26H27N3O5. The van der Waals surface area contributed by atoms with E-state index in [2.05, 4.69) is 5.32 Å². The summed E-state index contributed by atoms with van der Waals surface area (Å²) in [5, 5.41) is 2.81. The predicted molar refractivity (Wildman–Crippen MR) is 126 cm³/mol. The van der Waals surface area contributed by atoms with Gasteiger partial charge in [-0.05, 0) is 48.4 Å². The molecule has 3 amide bonds. The third-order valence-electron chi connectivity index (χ3n) is 5.65. The topological polar surface area (TPSA) is 92.1 Å². The van der Waals surface area contributed by atoms with Gasteiger partial charge in [-0.2, -0.15) is 0 Å². The minimum Gasteiger partial charge on any atom is -0.495 e. The minimum atomic E-state index is -0.358. The Hall–Kier alpha value is -4.07. The van der Waals surface area contributed by atoms with E-state index in [9.17, 15) is 14.4 Å². The molecule has 2 heterocycles. The largest absolute Gasteiger partial charge is 0.495 e. The zero-order valence-corrected chi connectivity index (χ0v) is 19.0. The molecule has 1 fully saturated rings. The summed E-state index contributed by atoms with van der Waals surface area (Å²) in [7, 11) is 1.53. The molecule has 1 N–H and O–H groups in total. The highest BCUT2D eigenvalue weighted by Gasteiger charge is 2.23. The van der Waals surface area contributed by atoms with Gasteiger partial charge in [0, 0.05) is 25.1 Å². The predicted octanol–water partition coefficient (Wildman–Crippen LogP) is 3.69. The summed E-state index contributed by atoms with van der Waals surface area (Å²) in [6.45, 7) is 1.16. The van der Waals surface area contributed by atoms with E-state index in [1.54, 1.807) is 53.4 Å². The molecule has 34 heavy (non-hydrogen) atoms. The lowest BCUT2D eigenvalue weighted by atomic mass is 10.1. The van der Waals surface area contributed by atoms with E-state index in [0.717, 1.165) is 18.5 Å². The molecule has 0 atom stereocenters. The van der Waals surface area contributed by atoms with Crippen LogP contribution in [0.5, 0.6) is 5.75 Å². The highest BCUT2D eigenvalue weighted by Crippen LogP contribution is 2.23. The highest BCUT2D eigenvalue weighted by molar-refractivity contribution is 6.00. The van der Waals surface area contributed by atoms with Gasteiger partial charge in [-0.25, -0.2) is 0 Å². The van der Waals surface area contributed by atoms with Crippen molar-refractivity contribution in [3.05, 3.63) is 83.8 Å². The van der Waals surface area contributed by atoms with Crippen LogP contribution in [0.25, 0.3) is 0 Å². The van der Waals surface area contributed by atoms with Gasteiger partial charge in [-0.1, -0.05) is 24.3 Å². The van der Waals surface area contributed by atoms with Crippen LogP contribution in [0.4, 0.5) is 5.69 Å². The van der Waals surface area contributed by atoms with Gasteiger partial charge < -0.3 is 24.3 Å². The van der Waals surface area contributed by atoms with Gasteiger partial charge >= 0.3 is 0 Å². The Balaban J connectivity index is 1.51. The summed E-state index contributed by atoms with van der Waals surface area (Å²) < 4.78 is 10.7. The summed E-state index contributed by atoms with van der Waals surface area (Å²) in [4.78, 5) is 41.5. The van der Waals surface area contributed by atoms with Crippen molar-refractivity contribution < 1.29 is 23.5 Å². The van der Waals surface area contributed by atoms with E-state index < -0.39 is 0 Å². The molecular weight excluding hydrogens is 434 g/mol. The normalized spacial score (nSPS) is 13.1. The third-order valence-corrected chi connectivity index (χ3v) is 5.65. The zero-order valence-electron chi connectivity index (χ0n) is 19.0. The number of nitrogens with one attached hydrogen (secondary N) is 1. The van der Waals surface area contributed by atoms with Crippen molar-refractivity contribution in [2.24, 2.45) is 0 Å². The lowest BCUT2D eigenvalue weighted by Gasteiger charge is -2.22. The molecule has 1 aliphatic heterocycles. The lowest BCUT2D eigenvalue weighted by Crippen LogP contribution is -2.37. The Morgan fingerprint density at radius 2 is 1.97 bits per heavy atom. The van der Waals surface area contributed by atoms with Crippen molar-refractivity contribution in [2.45, 2.75) is 25.9 Å². The van der Waals surface area contributed by atoms with E-state index >= 15 is 0 Å². The molecule has 3 aromatic rings. The van der Waals surface area contributed by atoms with Gasteiger partial charge in [-0.15, -0.1) is 0 Å². The van der Waals surface area contributed by atoms with Crippen LogP contribution in [-0.4, -0.2) is 47.7 Å². The number of carbonyl (C=O) groups excluding carboxylic acids is 3. The first-order valence-corrected chi connectivity index (χ1v) is 11.1. The fourth-order valence-corrected chi connectivity index (χ4v) is 3.98. The van der Waals surface area contributed by atoms with E-state index in [0.29, 0.717) is 35.7 Å². The van der Waals surface area contributed by atoms with Crippen LogP contribution in [0, 0.1) is 0 Å². The number of benzene rings is 2. The number of ether oxygens (including phenoxy) is 1. The monoisotopic (exact) mass is 461 g/mol. The van der Waals surface area contributed by atoms with Crippen LogP contribution < -0.4 is 10.1 Å². The van der Waals surface area contributed by atoms with Crippen molar-refractivity contribution in [3.63, 3.8) is 0 Å². The Morgan fingerprint density at radius 1 is 1.12 bits per heavy atom. The molecule has 0 radical (unpaired) electrons. The number of methoxy groups -OCH3 is 1. The van der Waals surface area contributed by atoms with Crippen molar-refractivity contribution in [1.29, 1.82) is 0 Å². The highest BCUT2D eigenvalue weighted by atomic mass is 16.5. The molecule has 0 bridgehead atoms. The van der Waals surface area contributed by atoms with E-state index in [4.69, 9.17) is 9.15 Å². The molecule has 8 heteroatoms. The Labute approximate surface area is 198 Å². The summed E-state index contributed by atoms with van der Waals surface area (Å²) in [6, 6.07) is 17.8. The van der Waals surface area contributed by atoms with Gasteiger partial charge in [0.2, 0.25) is 11.8 Å². The average Bonchev–Trinajstić information content (AvgIpc) is 3.50. The van der Waals surface area contributed by atoms with Gasteiger partial charge in [-0.3, -0.25) is 14.4 Å². The minimum absolute atomic E-state index is 0.129. The van der Waals surface area contributed by atoms with Gasteiger partial charge in [0.05, 0.1) is 25.6 Å². The number of nitrogens with zero attached hydrogens (tertiary/aromatic N) is 2. The third kappa shape index (κ3) is 5.64. The summed E-state index contributed by atoms with van der Waals surface area (Å²) in [5.41, 5.74) is 1.84. The van der Waals surface area contributed by atoms with Crippen LogP contribution in [0.2, 0.25) is 0 Å². The molecule has 2 aromatic carbocycles. The zero-order chi connectivity index (χ0) is 23.9. The van der Waals surface area contributed by atoms with E-state index in [-0.39, 0.29) is 30.8 Å². The maximum absolute atomic E-state index is 13.4. The maximum atomic E-state index is 13.4. The molecule has 0 aliphatic carbocycles. The fourth-order valence-electron chi connectivity index (χ4n) is 3.98. The number of furan rings is 1. The van der Waals surface area contributed by atoms with Crippen molar-refractivity contribution in [3.8, 4) is 5.75 Å². The first-order valence-electron chi connectivity index (χ1n) is 11.1.